The zero-order valence-corrected chi connectivity index (χ0v) is 15.6. The van der Waals surface area contributed by atoms with Gasteiger partial charge in [0.2, 0.25) is 0 Å². The predicted octanol–water partition coefficient (Wildman–Crippen LogP) is 4.39. The molecule has 0 atom stereocenters. The first-order valence-electron chi connectivity index (χ1n) is 8.20. The first-order chi connectivity index (χ1) is 12.0. The van der Waals surface area contributed by atoms with Gasteiger partial charge in [-0.05, 0) is 36.1 Å². The van der Waals surface area contributed by atoms with Crippen molar-refractivity contribution >= 4 is 29.3 Å². The summed E-state index contributed by atoms with van der Waals surface area (Å²) in [6.07, 6.45) is 0. The molecule has 0 saturated carbocycles. The quantitative estimate of drug-likeness (QED) is 0.590. The molecule has 25 heavy (non-hydrogen) atoms. The lowest BCUT2D eigenvalue weighted by Gasteiger charge is -2.16. The fourth-order valence-electron chi connectivity index (χ4n) is 2.36. The van der Waals surface area contributed by atoms with E-state index in [1.165, 1.54) is 11.8 Å². The molecule has 1 N–H and O–H groups in total. The molecular weight excluding hydrogens is 334 g/mol. The maximum Gasteiger partial charge on any atom is 0.316 e. The van der Waals surface area contributed by atoms with Gasteiger partial charge < -0.3 is 10.1 Å². The Kier molecular flexibility index (Phi) is 7.07. The van der Waals surface area contributed by atoms with Crippen LogP contribution in [0.4, 0.5) is 5.69 Å². The lowest BCUT2D eigenvalue weighted by atomic mass is 9.98. The molecule has 0 unspecified atom stereocenters. The van der Waals surface area contributed by atoms with Gasteiger partial charge in [0.15, 0.2) is 6.61 Å². The summed E-state index contributed by atoms with van der Waals surface area (Å²) in [7, 11) is 0. The number of esters is 1. The van der Waals surface area contributed by atoms with Crippen molar-refractivity contribution in [3.8, 4) is 0 Å². The number of nitrogens with one attached hydrogen (secondary N) is 1. The van der Waals surface area contributed by atoms with E-state index in [-0.39, 0.29) is 18.3 Å². The summed E-state index contributed by atoms with van der Waals surface area (Å²) in [6.45, 7) is 5.82. The number of benzene rings is 2. The van der Waals surface area contributed by atoms with Crippen molar-refractivity contribution in [3.63, 3.8) is 0 Å². The van der Waals surface area contributed by atoms with Crippen molar-refractivity contribution in [2.24, 2.45) is 0 Å². The van der Waals surface area contributed by atoms with Crippen molar-refractivity contribution < 1.29 is 14.3 Å². The molecule has 2 aromatic rings. The van der Waals surface area contributed by atoms with E-state index >= 15 is 0 Å². The van der Waals surface area contributed by atoms with Crippen LogP contribution in [0.1, 0.15) is 30.9 Å². The predicted molar refractivity (Wildman–Crippen MR) is 102 cm³/mol. The number of amides is 1. The van der Waals surface area contributed by atoms with Crippen molar-refractivity contribution in [3.05, 3.63) is 59.7 Å². The van der Waals surface area contributed by atoms with Gasteiger partial charge in [0.1, 0.15) is 0 Å². The Morgan fingerprint density at radius 1 is 1.08 bits per heavy atom. The summed E-state index contributed by atoms with van der Waals surface area (Å²) in [5.41, 5.74) is 2.86. The van der Waals surface area contributed by atoms with Gasteiger partial charge in [-0.25, -0.2) is 0 Å². The number of para-hydroxylation sites is 1. The van der Waals surface area contributed by atoms with E-state index in [4.69, 9.17) is 4.74 Å². The van der Waals surface area contributed by atoms with Gasteiger partial charge in [0.25, 0.3) is 5.91 Å². The van der Waals surface area contributed by atoms with E-state index in [0.29, 0.717) is 5.92 Å². The summed E-state index contributed by atoms with van der Waals surface area (Å²) < 4.78 is 5.07. The van der Waals surface area contributed by atoms with Crippen LogP contribution >= 0.6 is 11.8 Å². The molecule has 2 rings (SSSR count). The minimum Gasteiger partial charge on any atom is -0.455 e. The third-order valence-electron chi connectivity index (χ3n) is 3.66. The molecule has 0 saturated heterocycles. The van der Waals surface area contributed by atoms with E-state index in [1.807, 2.05) is 55.5 Å². The number of aryl methyl sites for hydroxylation is 1. The normalized spacial score (nSPS) is 10.6. The van der Waals surface area contributed by atoms with Gasteiger partial charge in [-0.15, -0.1) is 11.8 Å². The minimum atomic E-state index is -0.405. The largest absolute Gasteiger partial charge is 0.455 e. The summed E-state index contributed by atoms with van der Waals surface area (Å²) in [4.78, 5) is 24.9. The van der Waals surface area contributed by atoms with Crippen LogP contribution in [0.5, 0.6) is 0 Å². The van der Waals surface area contributed by atoms with Crippen molar-refractivity contribution in [2.75, 3.05) is 17.7 Å². The van der Waals surface area contributed by atoms with Crippen LogP contribution in [0.15, 0.2) is 53.4 Å². The van der Waals surface area contributed by atoms with E-state index in [2.05, 4.69) is 19.2 Å². The van der Waals surface area contributed by atoms with E-state index in [0.717, 1.165) is 21.7 Å². The molecule has 0 aliphatic rings. The van der Waals surface area contributed by atoms with E-state index in [1.54, 1.807) is 0 Å². The molecule has 0 aromatic heterocycles. The summed E-state index contributed by atoms with van der Waals surface area (Å²) >= 11 is 1.39. The monoisotopic (exact) mass is 357 g/mol. The Morgan fingerprint density at radius 2 is 1.80 bits per heavy atom. The average Bonchev–Trinajstić information content (AvgIpc) is 2.60. The molecule has 4 nitrogen and oxygen atoms in total. The molecule has 0 aliphatic carbocycles. The molecule has 0 fully saturated rings. The van der Waals surface area contributed by atoms with Gasteiger partial charge in [-0.2, -0.15) is 0 Å². The van der Waals surface area contributed by atoms with Crippen LogP contribution in [0.25, 0.3) is 0 Å². The van der Waals surface area contributed by atoms with Crippen LogP contribution in [-0.4, -0.2) is 24.2 Å². The van der Waals surface area contributed by atoms with Gasteiger partial charge in [0.05, 0.1) is 5.75 Å². The van der Waals surface area contributed by atoms with E-state index < -0.39 is 5.97 Å². The third kappa shape index (κ3) is 5.94. The maximum atomic E-state index is 12.1. The highest BCUT2D eigenvalue weighted by Gasteiger charge is 2.13. The van der Waals surface area contributed by atoms with Crippen molar-refractivity contribution in [2.45, 2.75) is 31.6 Å². The highest BCUT2D eigenvalue weighted by atomic mass is 32.2. The second-order valence-corrected chi connectivity index (χ2v) is 7.05. The SMILES string of the molecule is Cc1cccc(C(C)C)c1NC(=O)COC(=O)CSc1ccccc1. The molecule has 1 amide bonds. The van der Waals surface area contributed by atoms with Crippen LogP contribution in [0, 0.1) is 6.92 Å². The molecule has 5 heteroatoms. The van der Waals surface area contributed by atoms with Gasteiger partial charge in [-0.1, -0.05) is 50.2 Å². The fourth-order valence-corrected chi connectivity index (χ4v) is 3.08. The van der Waals surface area contributed by atoms with Crippen LogP contribution in [0.2, 0.25) is 0 Å². The second kappa shape index (κ2) is 9.28. The molecule has 0 heterocycles. The molecule has 132 valence electrons. The number of carbonyl (C=O) groups is 2. The van der Waals surface area contributed by atoms with Crippen molar-refractivity contribution in [1.82, 2.24) is 0 Å². The molecule has 0 aliphatic heterocycles. The van der Waals surface area contributed by atoms with Gasteiger partial charge in [-0.3, -0.25) is 9.59 Å². The topological polar surface area (TPSA) is 55.4 Å². The lowest BCUT2D eigenvalue weighted by Crippen LogP contribution is -2.22. The smallest absolute Gasteiger partial charge is 0.316 e. The maximum absolute atomic E-state index is 12.1. The number of anilines is 1. The summed E-state index contributed by atoms with van der Waals surface area (Å²) in [6, 6.07) is 15.5. The first-order valence-corrected chi connectivity index (χ1v) is 9.18. The number of thioether (sulfide) groups is 1. The van der Waals surface area contributed by atoms with Gasteiger partial charge in [0, 0.05) is 10.6 Å². The fraction of sp³-hybridized carbons (Fsp3) is 0.300. The number of rotatable bonds is 7. The molecule has 2 aromatic carbocycles. The van der Waals surface area contributed by atoms with Gasteiger partial charge >= 0.3 is 5.97 Å². The number of carbonyl (C=O) groups excluding carboxylic acids is 2. The molecular formula is C20H23NO3S. The Labute approximate surface area is 153 Å². The number of hydrogen-bond acceptors (Lipinski definition) is 4. The van der Waals surface area contributed by atoms with Crippen LogP contribution < -0.4 is 5.32 Å². The first kappa shape index (κ1) is 19.1. The molecule has 0 bridgehead atoms. The zero-order valence-electron chi connectivity index (χ0n) is 14.7. The highest BCUT2D eigenvalue weighted by molar-refractivity contribution is 8.00. The summed E-state index contributed by atoms with van der Waals surface area (Å²) in [5, 5.41) is 2.87. The third-order valence-corrected chi connectivity index (χ3v) is 4.64. The van der Waals surface area contributed by atoms with Crippen molar-refractivity contribution in [1.29, 1.82) is 0 Å². The minimum absolute atomic E-state index is 0.179. The lowest BCUT2D eigenvalue weighted by molar-refractivity contribution is -0.144. The standard InChI is InChI=1S/C20H23NO3S/c1-14(2)17-11-7-8-15(3)20(17)21-18(22)12-24-19(23)13-25-16-9-5-4-6-10-16/h4-11,14H,12-13H2,1-3H3,(H,21,22). The molecule has 0 radical (unpaired) electrons. The average molecular weight is 357 g/mol. The Hall–Kier alpha value is -2.27. The number of ether oxygens (including phenoxy) is 1. The zero-order chi connectivity index (χ0) is 18.2. The number of hydrogen-bond donors (Lipinski definition) is 1. The highest BCUT2D eigenvalue weighted by Crippen LogP contribution is 2.27. The Balaban J connectivity index is 1.84. The van der Waals surface area contributed by atoms with Crippen LogP contribution in [0.3, 0.4) is 0 Å². The Morgan fingerprint density at radius 3 is 2.48 bits per heavy atom. The second-order valence-electron chi connectivity index (χ2n) is 6.00. The molecule has 0 spiro atoms. The Bertz CT molecular complexity index is 729. The summed E-state index contributed by atoms with van der Waals surface area (Å²) in [5.74, 6) is -0.258. The van der Waals surface area contributed by atoms with Crippen LogP contribution in [-0.2, 0) is 14.3 Å². The van der Waals surface area contributed by atoms with E-state index in [9.17, 15) is 9.59 Å².